The lowest BCUT2D eigenvalue weighted by atomic mass is 10.0. The smallest absolute Gasteiger partial charge is 0.293 e. The van der Waals surface area contributed by atoms with Gasteiger partial charge in [-0.2, -0.15) is 0 Å². The molecule has 0 spiro atoms. The highest BCUT2D eigenvalue weighted by Gasteiger charge is 2.46. The number of hydrogen-bond donors (Lipinski definition) is 0. The maximum atomic E-state index is 10.8. The molecule has 4 unspecified atom stereocenters. The third kappa shape index (κ3) is 5.15. The van der Waals surface area contributed by atoms with Crippen LogP contribution in [0.25, 0.3) is 0 Å². The molecule has 0 amide bonds. The van der Waals surface area contributed by atoms with Crippen LogP contribution in [0.3, 0.4) is 0 Å². The van der Waals surface area contributed by atoms with Crippen LogP contribution in [0.1, 0.15) is 46.5 Å². The predicted molar refractivity (Wildman–Crippen MR) is 99.8 cm³/mol. The highest BCUT2D eigenvalue weighted by Crippen LogP contribution is 2.43. The first-order chi connectivity index (χ1) is 11.7. The lowest BCUT2D eigenvalue weighted by Gasteiger charge is -2.40. The molecule has 0 aromatic rings. The molecule has 1 heterocycles. The van der Waals surface area contributed by atoms with Crippen LogP contribution >= 0.6 is 0 Å². The van der Waals surface area contributed by atoms with E-state index in [1.54, 1.807) is 0 Å². The number of carbonyl (C=O) groups excluding carboxylic acids is 1. The van der Waals surface area contributed by atoms with Gasteiger partial charge in [-0.05, 0) is 43.0 Å². The van der Waals surface area contributed by atoms with Gasteiger partial charge in [-0.15, -0.1) is 0 Å². The van der Waals surface area contributed by atoms with E-state index in [1.165, 1.54) is 0 Å². The van der Waals surface area contributed by atoms with Crippen molar-refractivity contribution in [1.82, 2.24) is 0 Å². The van der Waals surface area contributed by atoms with Gasteiger partial charge in [-0.3, -0.25) is 4.79 Å². The summed E-state index contributed by atoms with van der Waals surface area (Å²) < 4.78 is 23.5. The summed E-state index contributed by atoms with van der Waals surface area (Å²) in [6, 6.07) is 0. The van der Waals surface area contributed by atoms with Gasteiger partial charge in [0.15, 0.2) is 14.6 Å². The second-order valence-corrected chi connectivity index (χ2v) is 13.4. The van der Waals surface area contributed by atoms with E-state index in [2.05, 4.69) is 40.4 Å². The average molecular weight is 371 g/mol. The first-order valence-electron chi connectivity index (χ1n) is 9.34. The van der Waals surface area contributed by atoms with Crippen molar-refractivity contribution in [2.45, 2.75) is 83.1 Å². The Bertz CT molecular complexity index is 465. The molecule has 1 aliphatic heterocycles. The Morgan fingerprint density at radius 3 is 2.60 bits per heavy atom. The summed E-state index contributed by atoms with van der Waals surface area (Å²) in [6.45, 7) is 17.1. The SMILES string of the molecule is C=C1C(OC=O)CC(O[Si](C)(C)C(C)(C)C)C1COC1CCCCO1. The molecule has 1 saturated heterocycles. The van der Waals surface area contributed by atoms with E-state index in [0.29, 0.717) is 19.5 Å². The van der Waals surface area contributed by atoms with E-state index in [0.717, 1.165) is 31.4 Å². The molecule has 2 rings (SSSR count). The Hall–Kier alpha value is -0.693. The zero-order chi connectivity index (χ0) is 18.7. The normalized spacial score (nSPS) is 31.2. The van der Waals surface area contributed by atoms with Crippen molar-refractivity contribution in [3.63, 3.8) is 0 Å². The van der Waals surface area contributed by atoms with Crippen molar-refractivity contribution >= 4 is 14.8 Å². The zero-order valence-electron chi connectivity index (χ0n) is 16.4. The van der Waals surface area contributed by atoms with E-state index in [-0.39, 0.29) is 29.5 Å². The van der Waals surface area contributed by atoms with Gasteiger partial charge in [0.2, 0.25) is 0 Å². The van der Waals surface area contributed by atoms with Crippen LogP contribution in [-0.2, 0) is 23.4 Å². The molecule has 4 atom stereocenters. The molecule has 2 fully saturated rings. The van der Waals surface area contributed by atoms with Gasteiger partial charge in [0.25, 0.3) is 6.47 Å². The van der Waals surface area contributed by atoms with Crippen LogP contribution in [0.4, 0.5) is 0 Å². The van der Waals surface area contributed by atoms with E-state index in [1.807, 2.05) is 0 Å². The van der Waals surface area contributed by atoms with Gasteiger partial charge in [0.1, 0.15) is 6.10 Å². The fraction of sp³-hybridized carbons (Fsp3) is 0.842. The monoisotopic (exact) mass is 370 g/mol. The standard InChI is InChI=1S/C19H34O5Si/c1-14-15(12-22-18-9-7-8-10-21-18)17(11-16(14)23-13-20)24-25(5,6)19(2,3)4/h13,15-18H,1,7-12H2,2-6H3. The highest BCUT2D eigenvalue weighted by molar-refractivity contribution is 6.74. The van der Waals surface area contributed by atoms with E-state index in [4.69, 9.17) is 18.6 Å². The van der Waals surface area contributed by atoms with Gasteiger partial charge in [0.05, 0.1) is 12.7 Å². The number of ether oxygens (including phenoxy) is 3. The Morgan fingerprint density at radius 2 is 2.04 bits per heavy atom. The van der Waals surface area contributed by atoms with Crippen molar-refractivity contribution in [3.8, 4) is 0 Å². The van der Waals surface area contributed by atoms with Gasteiger partial charge in [-0.1, -0.05) is 27.4 Å². The molecule has 0 radical (unpaired) electrons. The Labute approximate surface area is 153 Å². The van der Waals surface area contributed by atoms with Gasteiger partial charge >= 0.3 is 0 Å². The van der Waals surface area contributed by atoms with Crippen molar-refractivity contribution in [1.29, 1.82) is 0 Å². The minimum atomic E-state index is -1.93. The van der Waals surface area contributed by atoms with Crippen molar-refractivity contribution in [2.24, 2.45) is 5.92 Å². The molecule has 0 aromatic heterocycles. The quantitative estimate of drug-likeness (QED) is 0.385. The van der Waals surface area contributed by atoms with Gasteiger partial charge in [0, 0.05) is 18.9 Å². The van der Waals surface area contributed by atoms with Crippen LogP contribution in [-0.4, -0.2) is 46.5 Å². The minimum absolute atomic E-state index is 0.0260. The Balaban J connectivity index is 2.05. The molecule has 5 nitrogen and oxygen atoms in total. The number of hydrogen-bond acceptors (Lipinski definition) is 5. The number of rotatable bonds is 7. The predicted octanol–water partition coefficient (Wildman–Crippen LogP) is 4.04. The van der Waals surface area contributed by atoms with Crippen molar-refractivity contribution < 1.29 is 23.4 Å². The van der Waals surface area contributed by atoms with E-state index in [9.17, 15) is 4.79 Å². The molecule has 2 aliphatic rings. The maximum absolute atomic E-state index is 10.8. The van der Waals surface area contributed by atoms with Crippen LogP contribution in [0.2, 0.25) is 18.1 Å². The zero-order valence-corrected chi connectivity index (χ0v) is 17.4. The lowest BCUT2D eigenvalue weighted by molar-refractivity contribution is -0.170. The molecule has 1 aliphatic carbocycles. The second-order valence-electron chi connectivity index (χ2n) is 8.68. The average Bonchev–Trinajstić information content (AvgIpc) is 2.81. The molecular weight excluding hydrogens is 336 g/mol. The summed E-state index contributed by atoms with van der Waals surface area (Å²) in [7, 11) is -1.93. The topological polar surface area (TPSA) is 54.0 Å². The first kappa shape index (κ1) is 20.6. The molecule has 1 saturated carbocycles. The molecule has 0 aromatic carbocycles. The maximum Gasteiger partial charge on any atom is 0.293 e. The summed E-state index contributed by atoms with van der Waals surface area (Å²) in [5.41, 5.74) is 0.895. The highest BCUT2D eigenvalue weighted by atomic mass is 28.4. The van der Waals surface area contributed by atoms with E-state index >= 15 is 0 Å². The van der Waals surface area contributed by atoms with Crippen LogP contribution in [0, 0.1) is 5.92 Å². The molecule has 0 N–H and O–H groups in total. The first-order valence-corrected chi connectivity index (χ1v) is 12.3. The van der Waals surface area contributed by atoms with Gasteiger partial charge in [-0.25, -0.2) is 0 Å². The van der Waals surface area contributed by atoms with Crippen molar-refractivity contribution in [2.75, 3.05) is 13.2 Å². The number of carbonyl (C=O) groups is 1. The molecule has 6 heteroatoms. The molecule has 0 bridgehead atoms. The summed E-state index contributed by atoms with van der Waals surface area (Å²) in [5, 5.41) is 0.121. The molecule has 144 valence electrons. The summed E-state index contributed by atoms with van der Waals surface area (Å²) in [4.78, 5) is 10.8. The van der Waals surface area contributed by atoms with Gasteiger partial charge < -0.3 is 18.6 Å². The Kier molecular flexibility index (Phi) is 6.87. The fourth-order valence-electron chi connectivity index (χ4n) is 3.17. The van der Waals surface area contributed by atoms with Crippen molar-refractivity contribution in [3.05, 3.63) is 12.2 Å². The molecule has 25 heavy (non-hydrogen) atoms. The Morgan fingerprint density at radius 1 is 1.32 bits per heavy atom. The third-order valence-corrected chi connectivity index (χ3v) is 10.4. The molecular formula is C19H34O5Si. The summed E-state index contributed by atoms with van der Waals surface area (Å²) in [6.07, 6.45) is 3.38. The summed E-state index contributed by atoms with van der Waals surface area (Å²) in [5.74, 6) is 0.0320. The third-order valence-electron chi connectivity index (χ3n) is 5.86. The summed E-state index contributed by atoms with van der Waals surface area (Å²) >= 11 is 0. The largest absolute Gasteiger partial charge is 0.460 e. The minimum Gasteiger partial charge on any atom is -0.460 e. The van der Waals surface area contributed by atoms with Crippen LogP contribution in [0.5, 0.6) is 0 Å². The fourth-order valence-corrected chi connectivity index (χ4v) is 4.54. The van der Waals surface area contributed by atoms with E-state index < -0.39 is 8.32 Å². The van der Waals surface area contributed by atoms with Crippen LogP contribution < -0.4 is 0 Å². The van der Waals surface area contributed by atoms with Crippen LogP contribution in [0.15, 0.2) is 12.2 Å². The second kappa shape index (κ2) is 8.33. The lowest BCUT2D eigenvalue weighted by Crippen LogP contribution is -2.45.